The number of nitrogens with one attached hydrogen (secondary N) is 1. The highest BCUT2D eigenvalue weighted by molar-refractivity contribution is 5.97. The minimum atomic E-state index is -0.524. The highest BCUT2D eigenvalue weighted by Gasteiger charge is 2.16. The van der Waals surface area contributed by atoms with Gasteiger partial charge in [0.15, 0.2) is 0 Å². The average Bonchev–Trinajstić information content (AvgIpc) is 3.23. The number of carbonyl (C=O) groups excluding carboxylic acids is 2. The van der Waals surface area contributed by atoms with Crippen molar-refractivity contribution in [2.45, 2.75) is 52.0 Å². The Hall–Kier alpha value is -2.31. The van der Waals surface area contributed by atoms with Crippen molar-refractivity contribution in [3.63, 3.8) is 0 Å². The van der Waals surface area contributed by atoms with Crippen molar-refractivity contribution in [1.29, 1.82) is 0 Å². The van der Waals surface area contributed by atoms with Crippen molar-refractivity contribution < 1.29 is 23.5 Å². The molecule has 7 heteroatoms. The molecule has 0 atom stereocenters. The molecule has 1 heterocycles. The highest BCUT2D eigenvalue weighted by Crippen LogP contribution is 2.25. The number of benzene rings is 1. The van der Waals surface area contributed by atoms with Gasteiger partial charge in [0, 0.05) is 5.56 Å². The molecule has 30 heavy (non-hydrogen) atoms. The molecule has 2 aromatic rings. The summed E-state index contributed by atoms with van der Waals surface area (Å²) in [7, 11) is 2.60. The van der Waals surface area contributed by atoms with E-state index in [2.05, 4.69) is 12.2 Å². The van der Waals surface area contributed by atoms with Gasteiger partial charge in [0.2, 0.25) is 0 Å². The second-order valence-corrected chi connectivity index (χ2v) is 6.99. The van der Waals surface area contributed by atoms with Crippen LogP contribution in [0.25, 0.3) is 11.3 Å². The molecular formula is C23H32ClNO5. The Labute approximate surface area is 184 Å². The average molecular weight is 438 g/mol. The van der Waals surface area contributed by atoms with Crippen LogP contribution < -0.4 is 5.32 Å². The molecule has 0 saturated heterocycles. The largest absolute Gasteiger partial charge is 0.465 e. The number of esters is 2. The van der Waals surface area contributed by atoms with Crippen LogP contribution in [0.3, 0.4) is 0 Å². The molecule has 0 spiro atoms. The molecular weight excluding hydrogens is 406 g/mol. The van der Waals surface area contributed by atoms with E-state index in [1.54, 1.807) is 12.1 Å². The summed E-state index contributed by atoms with van der Waals surface area (Å²) in [5, 5.41) is 3.39. The molecule has 0 fully saturated rings. The summed E-state index contributed by atoms with van der Waals surface area (Å²) in [5.41, 5.74) is 1.16. The van der Waals surface area contributed by atoms with Gasteiger partial charge in [-0.15, -0.1) is 12.4 Å². The minimum absolute atomic E-state index is 0. The summed E-state index contributed by atoms with van der Waals surface area (Å²) in [6.45, 7) is 3.81. The summed E-state index contributed by atoms with van der Waals surface area (Å²) in [6, 6.07) is 8.47. The van der Waals surface area contributed by atoms with Crippen LogP contribution in [0.2, 0.25) is 0 Å². The molecule has 0 bridgehead atoms. The van der Waals surface area contributed by atoms with E-state index in [1.165, 1.54) is 52.4 Å². The maximum atomic E-state index is 11.9. The van der Waals surface area contributed by atoms with E-state index in [1.807, 2.05) is 12.1 Å². The lowest BCUT2D eigenvalue weighted by Crippen LogP contribution is -2.14. The predicted molar refractivity (Wildman–Crippen MR) is 119 cm³/mol. The van der Waals surface area contributed by atoms with E-state index >= 15 is 0 Å². The van der Waals surface area contributed by atoms with Gasteiger partial charge in [-0.2, -0.15) is 0 Å². The Morgan fingerprint density at radius 3 is 2.10 bits per heavy atom. The second kappa shape index (κ2) is 13.8. The first-order chi connectivity index (χ1) is 14.1. The molecule has 0 unspecified atom stereocenters. The van der Waals surface area contributed by atoms with E-state index in [-0.39, 0.29) is 23.5 Å². The zero-order valence-electron chi connectivity index (χ0n) is 18.0. The summed E-state index contributed by atoms with van der Waals surface area (Å²) in [4.78, 5) is 23.9. The number of hydrogen-bond donors (Lipinski definition) is 1. The van der Waals surface area contributed by atoms with Crippen LogP contribution in [0.4, 0.5) is 0 Å². The number of unbranched alkanes of at least 4 members (excludes halogenated alkanes) is 5. The molecule has 0 amide bonds. The Bertz CT molecular complexity index is 768. The first-order valence-electron chi connectivity index (χ1n) is 10.2. The molecule has 1 aromatic heterocycles. The Kier molecular flexibility index (Phi) is 11.9. The van der Waals surface area contributed by atoms with Crippen molar-refractivity contribution in [2.75, 3.05) is 20.8 Å². The number of rotatable bonds is 12. The lowest BCUT2D eigenvalue weighted by atomic mass is 10.0. The smallest absolute Gasteiger partial charge is 0.337 e. The molecule has 0 aliphatic heterocycles. The van der Waals surface area contributed by atoms with Gasteiger partial charge in [-0.1, -0.05) is 39.0 Å². The third kappa shape index (κ3) is 7.84. The van der Waals surface area contributed by atoms with Crippen LogP contribution in [-0.2, 0) is 16.0 Å². The Balaban J connectivity index is 0.00000450. The van der Waals surface area contributed by atoms with Crippen LogP contribution >= 0.6 is 12.4 Å². The number of ether oxygens (including phenoxy) is 2. The maximum absolute atomic E-state index is 11.9. The van der Waals surface area contributed by atoms with E-state index in [0.717, 1.165) is 18.7 Å². The van der Waals surface area contributed by atoms with E-state index in [4.69, 9.17) is 13.9 Å². The third-order valence-corrected chi connectivity index (χ3v) is 4.73. The number of carbonyl (C=O) groups is 2. The van der Waals surface area contributed by atoms with Crippen molar-refractivity contribution in [1.82, 2.24) is 5.32 Å². The van der Waals surface area contributed by atoms with Gasteiger partial charge in [0.05, 0.1) is 31.9 Å². The van der Waals surface area contributed by atoms with E-state index in [9.17, 15) is 9.59 Å². The molecule has 0 aliphatic carbocycles. The van der Waals surface area contributed by atoms with Gasteiger partial charge in [0.1, 0.15) is 11.5 Å². The quantitative estimate of drug-likeness (QED) is 0.354. The number of hydrogen-bond acceptors (Lipinski definition) is 6. The zero-order chi connectivity index (χ0) is 21.1. The maximum Gasteiger partial charge on any atom is 0.337 e. The van der Waals surface area contributed by atoms with Gasteiger partial charge < -0.3 is 19.2 Å². The minimum Gasteiger partial charge on any atom is -0.465 e. The zero-order valence-corrected chi connectivity index (χ0v) is 18.8. The molecule has 0 aliphatic rings. The molecule has 0 saturated carbocycles. The topological polar surface area (TPSA) is 77.8 Å². The number of furan rings is 1. The Morgan fingerprint density at radius 1 is 0.900 bits per heavy atom. The van der Waals surface area contributed by atoms with Gasteiger partial charge >= 0.3 is 11.9 Å². The predicted octanol–water partition coefficient (Wildman–Crippen LogP) is 5.39. The van der Waals surface area contributed by atoms with Gasteiger partial charge in [-0.05, 0) is 43.3 Å². The molecule has 1 N–H and O–H groups in total. The number of halogens is 1. The SMILES string of the molecule is CCCCCCCCNCc1ccc(-c2cc(C(=O)OC)cc(C(=O)OC)c2)o1.Cl. The van der Waals surface area contributed by atoms with Gasteiger partial charge in [0.25, 0.3) is 0 Å². The molecule has 6 nitrogen and oxygen atoms in total. The standard InChI is InChI=1S/C23H31NO5.ClH/c1-4-5-6-7-8-9-12-24-16-20-10-11-21(29-20)17-13-18(22(25)27-2)15-19(14-17)23(26)28-3;/h10-11,13-15,24H,4-9,12,16H2,1-3H3;1H. The molecule has 1 aromatic carbocycles. The summed E-state index contributed by atoms with van der Waals surface area (Å²) in [6.07, 6.45) is 7.59. The fourth-order valence-corrected chi connectivity index (χ4v) is 3.11. The lowest BCUT2D eigenvalue weighted by molar-refractivity contribution is 0.0599. The van der Waals surface area contributed by atoms with E-state index in [0.29, 0.717) is 17.9 Å². The van der Waals surface area contributed by atoms with Gasteiger partial charge in [-0.3, -0.25) is 0 Å². The van der Waals surface area contributed by atoms with Crippen LogP contribution in [0, 0.1) is 0 Å². The summed E-state index contributed by atoms with van der Waals surface area (Å²) >= 11 is 0. The normalized spacial score (nSPS) is 10.4. The first kappa shape index (κ1) is 25.7. The number of methoxy groups -OCH3 is 2. The molecule has 0 radical (unpaired) electrons. The highest BCUT2D eigenvalue weighted by atomic mass is 35.5. The van der Waals surface area contributed by atoms with E-state index < -0.39 is 11.9 Å². The fourth-order valence-electron chi connectivity index (χ4n) is 3.11. The van der Waals surface area contributed by atoms with Crippen molar-refractivity contribution >= 4 is 24.3 Å². The van der Waals surface area contributed by atoms with Crippen molar-refractivity contribution in [3.8, 4) is 11.3 Å². The summed E-state index contributed by atoms with van der Waals surface area (Å²) in [5.74, 6) is 0.333. The van der Waals surface area contributed by atoms with Crippen LogP contribution in [-0.4, -0.2) is 32.7 Å². The van der Waals surface area contributed by atoms with Gasteiger partial charge in [-0.25, -0.2) is 9.59 Å². The second-order valence-electron chi connectivity index (χ2n) is 6.99. The van der Waals surface area contributed by atoms with Crippen molar-refractivity contribution in [3.05, 3.63) is 47.2 Å². The molecule has 2 rings (SSSR count). The summed E-state index contributed by atoms with van der Waals surface area (Å²) < 4.78 is 15.5. The fraction of sp³-hybridized carbons (Fsp3) is 0.478. The first-order valence-corrected chi connectivity index (χ1v) is 10.2. The lowest BCUT2D eigenvalue weighted by Gasteiger charge is -2.07. The van der Waals surface area contributed by atoms with Crippen LogP contribution in [0.15, 0.2) is 34.7 Å². The third-order valence-electron chi connectivity index (χ3n) is 4.73. The Morgan fingerprint density at radius 2 is 1.50 bits per heavy atom. The van der Waals surface area contributed by atoms with Crippen molar-refractivity contribution in [2.24, 2.45) is 0 Å². The van der Waals surface area contributed by atoms with Crippen LogP contribution in [0.5, 0.6) is 0 Å². The molecule has 166 valence electrons. The van der Waals surface area contributed by atoms with Crippen LogP contribution in [0.1, 0.15) is 71.9 Å². The monoisotopic (exact) mass is 437 g/mol.